The maximum atomic E-state index is 11.8. The summed E-state index contributed by atoms with van der Waals surface area (Å²) < 4.78 is 1.93. The van der Waals surface area contributed by atoms with Crippen LogP contribution in [0.5, 0.6) is 0 Å². The van der Waals surface area contributed by atoms with Crippen LogP contribution < -0.4 is 11.1 Å². The SMILES string of the molecule is Cn1ccc(CNC(=O)c2ncccc2N)c1. The third-order valence-electron chi connectivity index (χ3n) is 2.40. The van der Waals surface area contributed by atoms with E-state index >= 15 is 0 Å². The topological polar surface area (TPSA) is 72.9 Å². The Hall–Kier alpha value is -2.30. The first-order valence-corrected chi connectivity index (χ1v) is 5.26. The molecule has 0 aliphatic rings. The molecular formula is C12H14N4O. The van der Waals surface area contributed by atoms with E-state index in [-0.39, 0.29) is 11.6 Å². The Morgan fingerprint density at radius 2 is 2.35 bits per heavy atom. The second kappa shape index (κ2) is 4.69. The number of carbonyl (C=O) groups excluding carboxylic acids is 1. The molecule has 0 unspecified atom stereocenters. The molecule has 1 amide bonds. The molecule has 0 spiro atoms. The van der Waals surface area contributed by atoms with E-state index in [1.807, 2.05) is 30.1 Å². The average Bonchev–Trinajstić information content (AvgIpc) is 2.73. The molecule has 2 rings (SSSR count). The highest BCUT2D eigenvalue weighted by molar-refractivity contribution is 5.96. The van der Waals surface area contributed by atoms with Crippen molar-refractivity contribution in [2.45, 2.75) is 6.54 Å². The standard InChI is InChI=1S/C12H14N4O/c1-16-6-4-9(8-16)7-15-12(17)11-10(13)3-2-5-14-11/h2-6,8H,7,13H2,1H3,(H,15,17). The molecule has 0 bridgehead atoms. The van der Waals surface area contributed by atoms with E-state index in [4.69, 9.17) is 5.73 Å². The molecule has 0 aliphatic heterocycles. The predicted molar refractivity (Wildman–Crippen MR) is 65.2 cm³/mol. The first-order valence-electron chi connectivity index (χ1n) is 5.26. The Morgan fingerprint density at radius 1 is 1.53 bits per heavy atom. The maximum absolute atomic E-state index is 11.8. The van der Waals surface area contributed by atoms with Crippen LogP contribution in [0.15, 0.2) is 36.8 Å². The first-order chi connectivity index (χ1) is 8.16. The lowest BCUT2D eigenvalue weighted by molar-refractivity contribution is 0.0947. The first kappa shape index (κ1) is 11.2. The van der Waals surface area contributed by atoms with Gasteiger partial charge in [0.25, 0.3) is 5.91 Å². The fourth-order valence-electron chi connectivity index (χ4n) is 1.54. The number of nitrogen functional groups attached to an aromatic ring is 1. The van der Waals surface area contributed by atoms with Gasteiger partial charge in [-0.25, -0.2) is 4.98 Å². The lowest BCUT2D eigenvalue weighted by Gasteiger charge is -2.05. The van der Waals surface area contributed by atoms with Crippen LogP contribution in [0.3, 0.4) is 0 Å². The number of rotatable bonds is 3. The minimum atomic E-state index is -0.257. The van der Waals surface area contributed by atoms with E-state index in [1.54, 1.807) is 18.3 Å². The molecule has 0 saturated heterocycles. The van der Waals surface area contributed by atoms with Gasteiger partial charge in [0, 0.05) is 32.2 Å². The molecule has 0 saturated carbocycles. The van der Waals surface area contributed by atoms with Crippen LogP contribution >= 0.6 is 0 Å². The summed E-state index contributed by atoms with van der Waals surface area (Å²) in [6.07, 6.45) is 5.42. The Labute approximate surface area is 99.3 Å². The van der Waals surface area contributed by atoms with Crippen LogP contribution in [0, 0.1) is 0 Å². The number of anilines is 1. The fourth-order valence-corrected chi connectivity index (χ4v) is 1.54. The van der Waals surface area contributed by atoms with Gasteiger partial charge >= 0.3 is 0 Å². The Balaban J connectivity index is 2.01. The van der Waals surface area contributed by atoms with E-state index < -0.39 is 0 Å². The van der Waals surface area contributed by atoms with Crippen molar-refractivity contribution in [3.63, 3.8) is 0 Å². The van der Waals surface area contributed by atoms with E-state index in [0.29, 0.717) is 12.2 Å². The number of nitrogens with zero attached hydrogens (tertiary/aromatic N) is 2. The van der Waals surface area contributed by atoms with Gasteiger partial charge in [-0.15, -0.1) is 0 Å². The van der Waals surface area contributed by atoms with Crippen molar-refractivity contribution >= 4 is 11.6 Å². The van der Waals surface area contributed by atoms with E-state index in [9.17, 15) is 4.79 Å². The van der Waals surface area contributed by atoms with Crippen LogP contribution in [0.2, 0.25) is 0 Å². The predicted octanol–water partition coefficient (Wildman–Crippen LogP) is 0.932. The van der Waals surface area contributed by atoms with Crippen molar-refractivity contribution in [3.8, 4) is 0 Å². The Kier molecular flexibility index (Phi) is 3.09. The van der Waals surface area contributed by atoms with Gasteiger partial charge in [-0.05, 0) is 23.8 Å². The van der Waals surface area contributed by atoms with Crippen molar-refractivity contribution in [2.24, 2.45) is 7.05 Å². The third kappa shape index (κ3) is 2.63. The number of pyridine rings is 1. The molecule has 5 nitrogen and oxygen atoms in total. The minimum absolute atomic E-state index is 0.257. The van der Waals surface area contributed by atoms with Crippen LogP contribution in [0.25, 0.3) is 0 Å². The molecule has 2 heterocycles. The van der Waals surface area contributed by atoms with E-state index in [0.717, 1.165) is 5.56 Å². The van der Waals surface area contributed by atoms with Gasteiger partial charge in [0.2, 0.25) is 0 Å². The van der Waals surface area contributed by atoms with Gasteiger partial charge in [0.1, 0.15) is 0 Å². The van der Waals surface area contributed by atoms with E-state index in [2.05, 4.69) is 10.3 Å². The normalized spacial score (nSPS) is 10.2. The zero-order chi connectivity index (χ0) is 12.3. The number of amides is 1. The summed E-state index contributed by atoms with van der Waals surface area (Å²) in [6, 6.07) is 5.30. The maximum Gasteiger partial charge on any atom is 0.272 e. The number of nitrogens with two attached hydrogens (primary N) is 1. The molecule has 3 N–H and O–H groups in total. The zero-order valence-electron chi connectivity index (χ0n) is 9.55. The van der Waals surface area contributed by atoms with Gasteiger partial charge < -0.3 is 15.6 Å². The molecule has 0 aromatic carbocycles. The number of carbonyl (C=O) groups is 1. The van der Waals surface area contributed by atoms with Crippen LogP contribution in [-0.4, -0.2) is 15.5 Å². The number of aromatic nitrogens is 2. The summed E-state index contributed by atoms with van der Waals surface area (Å²) in [5, 5.41) is 2.77. The van der Waals surface area contributed by atoms with Crippen molar-refractivity contribution < 1.29 is 4.79 Å². The molecule has 88 valence electrons. The second-order valence-corrected chi connectivity index (χ2v) is 3.81. The van der Waals surface area contributed by atoms with Crippen molar-refractivity contribution in [3.05, 3.63) is 48.0 Å². The lowest BCUT2D eigenvalue weighted by atomic mass is 10.2. The molecule has 17 heavy (non-hydrogen) atoms. The largest absolute Gasteiger partial charge is 0.397 e. The van der Waals surface area contributed by atoms with Crippen molar-refractivity contribution in [1.29, 1.82) is 0 Å². The van der Waals surface area contributed by atoms with Crippen LogP contribution in [0.1, 0.15) is 16.1 Å². The summed E-state index contributed by atoms with van der Waals surface area (Å²) >= 11 is 0. The quantitative estimate of drug-likeness (QED) is 0.824. The minimum Gasteiger partial charge on any atom is -0.397 e. The molecule has 0 aliphatic carbocycles. The van der Waals surface area contributed by atoms with Crippen LogP contribution in [0.4, 0.5) is 5.69 Å². The monoisotopic (exact) mass is 230 g/mol. The van der Waals surface area contributed by atoms with Crippen molar-refractivity contribution in [1.82, 2.24) is 14.9 Å². The molecule has 5 heteroatoms. The lowest BCUT2D eigenvalue weighted by Crippen LogP contribution is -2.24. The van der Waals surface area contributed by atoms with Crippen LogP contribution in [-0.2, 0) is 13.6 Å². The molecule has 0 fully saturated rings. The zero-order valence-corrected chi connectivity index (χ0v) is 9.55. The molecule has 2 aromatic rings. The Bertz CT molecular complexity index is 533. The van der Waals surface area contributed by atoms with Gasteiger partial charge in [0.05, 0.1) is 5.69 Å². The smallest absolute Gasteiger partial charge is 0.272 e. The summed E-state index contributed by atoms with van der Waals surface area (Å²) in [4.78, 5) is 15.7. The van der Waals surface area contributed by atoms with Gasteiger partial charge in [-0.3, -0.25) is 4.79 Å². The number of nitrogens with one attached hydrogen (secondary N) is 1. The number of hydrogen-bond donors (Lipinski definition) is 2. The summed E-state index contributed by atoms with van der Waals surface area (Å²) in [7, 11) is 1.93. The van der Waals surface area contributed by atoms with Gasteiger partial charge in [-0.1, -0.05) is 0 Å². The highest BCUT2D eigenvalue weighted by atomic mass is 16.1. The summed E-state index contributed by atoms with van der Waals surface area (Å²) in [6.45, 7) is 0.468. The second-order valence-electron chi connectivity index (χ2n) is 3.81. The summed E-state index contributed by atoms with van der Waals surface area (Å²) in [5.74, 6) is -0.257. The van der Waals surface area contributed by atoms with Crippen molar-refractivity contribution in [2.75, 3.05) is 5.73 Å². The molecule has 0 atom stereocenters. The van der Waals surface area contributed by atoms with E-state index in [1.165, 1.54) is 0 Å². The summed E-state index contributed by atoms with van der Waals surface area (Å²) in [5.41, 5.74) is 7.36. The third-order valence-corrected chi connectivity index (χ3v) is 2.40. The number of aryl methyl sites for hydroxylation is 1. The highest BCUT2D eigenvalue weighted by Crippen LogP contribution is 2.07. The van der Waals surface area contributed by atoms with Gasteiger partial charge in [0.15, 0.2) is 5.69 Å². The molecule has 0 radical (unpaired) electrons. The molecular weight excluding hydrogens is 216 g/mol. The highest BCUT2D eigenvalue weighted by Gasteiger charge is 2.09. The van der Waals surface area contributed by atoms with Gasteiger partial charge in [-0.2, -0.15) is 0 Å². The fraction of sp³-hybridized carbons (Fsp3) is 0.167. The average molecular weight is 230 g/mol. The Morgan fingerprint density at radius 3 is 3.00 bits per heavy atom. The number of hydrogen-bond acceptors (Lipinski definition) is 3. The molecule has 2 aromatic heterocycles.